The number of carbonyl (C=O) groups excluding carboxylic acids is 1. The third kappa shape index (κ3) is 5.88. The quantitative estimate of drug-likeness (QED) is 0.507. The van der Waals surface area contributed by atoms with Gasteiger partial charge in [0.15, 0.2) is 0 Å². The Kier molecular flexibility index (Phi) is 7.56. The molecule has 0 aromatic heterocycles. The highest BCUT2D eigenvalue weighted by molar-refractivity contribution is 7.92. The molecule has 3 rings (SSSR count). The van der Waals surface area contributed by atoms with Gasteiger partial charge < -0.3 is 10.2 Å². The molecule has 3 aromatic carbocycles. The number of halogens is 1. The number of nitrogens with one attached hydrogen (secondary N) is 2. The van der Waals surface area contributed by atoms with E-state index in [4.69, 9.17) is 11.6 Å². The first-order valence-electron chi connectivity index (χ1n) is 10.1. The number of benzene rings is 3. The van der Waals surface area contributed by atoms with Gasteiger partial charge in [-0.3, -0.25) is 9.52 Å². The maximum absolute atomic E-state index is 12.9. The third-order valence-corrected chi connectivity index (χ3v) is 6.74. The Balaban J connectivity index is 1.79. The molecule has 32 heavy (non-hydrogen) atoms. The summed E-state index contributed by atoms with van der Waals surface area (Å²) in [6, 6.07) is 20.9. The predicted octanol–water partition coefficient (Wildman–Crippen LogP) is 4.48. The van der Waals surface area contributed by atoms with E-state index in [1.165, 1.54) is 18.2 Å². The predicted molar refractivity (Wildman–Crippen MR) is 129 cm³/mol. The summed E-state index contributed by atoms with van der Waals surface area (Å²) in [6.45, 7) is 2.21. The summed E-state index contributed by atoms with van der Waals surface area (Å²) in [5.41, 5.74) is 2.53. The van der Waals surface area contributed by atoms with Crippen LogP contribution in [0.25, 0.3) is 0 Å². The number of carbonyl (C=O) groups is 1. The third-order valence-electron chi connectivity index (χ3n) is 5.03. The number of hydrogen-bond acceptors (Lipinski definition) is 4. The van der Waals surface area contributed by atoms with Gasteiger partial charge in [0.05, 0.1) is 21.5 Å². The van der Waals surface area contributed by atoms with Crippen LogP contribution in [0.5, 0.6) is 0 Å². The number of rotatable bonds is 8. The molecule has 0 heterocycles. The molecule has 0 aliphatic carbocycles. The monoisotopic (exact) mass is 471 g/mol. The van der Waals surface area contributed by atoms with Gasteiger partial charge in [-0.05, 0) is 62.5 Å². The smallest absolute Gasteiger partial charge is 0.261 e. The van der Waals surface area contributed by atoms with Gasteiger partial charge >= 0.3 is 0 Å². The zero-order valence-corrected chi connectivity index (χ0v) is 19.7. The molecule has 0 aliphatic heterocycles. The summed E-state index contributed by atoms with van der Waals surface area (Å²) in [7, 11) is -0.0244. The number of sulfonamides is 1. The normalized spacial score (nSPS) is 12.4. The second-order valence-corrected chi connectivity index (χ2v) is 9.81. The van der Waals surface area contributed by atoms with E-state index in [2.05, 4.69) is 10.0 Å². The Morgan fingerprint density at radius 1 is 1.00 bits per heavy atom. The highest BCUT2D eigenvalue weighted by Gasteiger charge is 2.21. The molecule has 0 fully saturated rings. The van der Waals surface area contributed by atoms with Crippen LogP contribution in [0.2, 0.25) is 5.02 Å². The number of likely N-dealkylation sites (N-methyl/N-ethyl adjacent to an activating group) is 1. The van der Waals surface area contributed by atoms with Gasteiger partial charge in [0.1, 0.15) is 0 Å². The lowest BCUT2D eigenvalue weighted by Gasteiger charge is -2.25. The van der Waals surface area contributed by atoms with E-state index in [0.29, 0.717) is 12.2 Å². The number of hydrogen-bond donors (Lipinski definition) is 2. The van der Waals surface area contributed by atoms with Crippen molar-refractivity contribution in [3.8, 4) is 0 Å². The average molecular weight is 472 g/mol. The molecule has 1 atom stereocenters. The van der Waals surface area contributed by atoms with E-state index < -0.39 is 15.9 Å². The average Bonchev–Trinajstić information content (AvgIpc) is 2.74. The number of aryl methyl sites for hydroxylation is 1. The fourth-order valence-corrected chi connectivity index (χ4v) is 4.61. The molecule has 3 aromatic rings. The molecule has 1 amide bonds. The van der Waals surface area contributed by atoms with E-state index in [1.54, 1.807) is 18.2 Å². The lowest BCUT2D eigenvalue weighted by atomic mass is 10.1. The van der Waals surface area contributed by atoms with Crippen molar-refractivity contribution >= 4 is 33.2 Å². The molecule has 0 saturated carbocycles. The summed E-state index contributed by atoms with van der Waals surface area (Å²) in [6.07, 6.45) is 0. The summed E-state index contributed by atoms with van der Waals surface area (Å²) >= 11 is 6.23. The number of nitrogens with zero attached hydrogens (tertiary/aromatic N) is 1. The molecule has 1 unspecified atom stereocenters. The largest absolute Gasteiger partial charge is 0.350 e. The molecule has 2 N–H and O–H groups in total. The zero-order chi connectivity index (χ0) is 23.3. The van der Waals surface area contributed by atoms with E-state index in [1.807, 2.05) is 62.3 Å². The van der Waals surface area contributed by atoms with Crippen LogP contribution in [0, 0.1) is 6.92 Å². The van der Waals surface area contributed by atoms with Crippen LogP contribution in [0.1, 0.15) is 27.5 Å². The minimum Gasteiger partial charge on any atom is -0.350 e. The van der Waals surface area contributed by atoms with Gasteiger partial charge in [0.25, 0.3) is 15.9 Å². The van der Waals surface area contributed by atoms with Crippen molar-refractivity contribution < 1.29 is 13.2 Å². The van der Waals surface area contributed by atoms with Crippen LogP contribution in [0.4, 0.5) is 5.69 Å². The van der Waals surface area contributed by atoms with Crippen molar-refractivity contribution in [1.82, 2.24) is 10.2 Å². The standard InChI is InChI=1S/C24H26ClN3O3S/c1-17-8-7-11-19(14-17)27-32(30,31)20-12-13-22(25)21(15-20)24(29)26-16-23(28(2)3)18-9-5-4-6-10-18/h4-15,23,27H,16H2,1-3H3,(H,26,29). The van der Waals surface area contributed by atoms with Crippen molar-refractivity contribution in [3.05, 3.63) is 94.5 Å². The van der Waals surface area contributed by atoms with Crippen LogP contribution in [-0.4, -0.2) is 39.9 Å². The van der Waals surface area contributed by atoms with Crippen LogP contribution < -0.4 is 10.0 Å². The maximum Gasteiger partial charge on any atom is 0.261 e. The fraction of sp³-hybridized carbons (Fsp3) is 0.208. The van der Waals surface area contributed by atoms with Crippen LogP contribution >= 0.6 is 11.6 Å². The van der Waals surface area contributed by atoms with Gasteiger partial charge in [-0.15, -0.1) is 0 Å². The Morgan fingerprint density at radius 3 is 2.38 bits per heavy atom. The van der Waals surface area contributed by atoms with Gasteiger partial charge in [-0.2, -0.15) is 0 Å². The summed E-state index contributed by atoms with van der Waals surface area (Å²) in [5.74, 6) is -0.439. The lowest BCUT2D eigenvalue weighted by Crippen LogP contribution is -2.34. The molecule has 0 saturated heterocycles. The molecule has 0 bridgehead atoms. The Morgan fingerprint density at radius 2 is 1.72 bits per heavy atom. The van der Waals surface area contributed by atoms with Crippen molar-refractivity contribution in [2.75, 3.05) is 25.4 Å². The molecule has 6 nitrogen and oxygen atoms in total. The number of anilines is 1. The van der Waals surface area contributed by atoms with Gasteiger partial charge in [0, 0.05) is 12.2 Å². The molecule has 0 radical (unpaired) electrons. The Hall–Kier alpha value is -2.87. The van der Waals surface area contributed by atoms with E-state index in [0.717, 1.165) is 11.1 Å². The molecule has 168 valence electrons. The van der Waals surface area contributed by atoms with Crippen molar-refractivity contribution in [2.45, 2.75) is 17.9 Å². The molecular weight excluding hydrogens is 446 g/mol. The first-order valence-corrected chi connectivity index (χ1v) is 11.9. The van der Waals surface area contributed by atoms with Crippen LogP contribution in [0.3, 0.4) is 0 Å². The molecule has 0 aliphatic rings. The first-order chi connectivity index (χ1) is 15.2. The first kappa shape index (κ1) is 23.8. The molecule has 8 heteroatoms. The minimum absolute atomic E-state index is 0.0409. The van der Waals surface area contributed by atoms with Gasteiger partial charge in [-0.25, -0.2) is 8.42 Å². The van der Waals surface area contributed by atoms with E-state index >= 15 is 0 Å². The maximum atomic E-state index is 12.9. The van der Waals surface area contributed by atoms with E-state index in [-0.39, 0.29) is 21.5 Å². The van der Waals surface area contributed by atoms with Crippen molar-refractivity contribution in [2.24, 2.45) is 0 Å². The van der Waals surface area contributed by atoms with Crippen LogP contribution in [-0.2, 0) is 10.0 Å². The van der Waals surface area contributed by atoms with Crippen LogP contribution in [0.15, 0.2) is 77.7 Å². The summed E-state index contributed by atoms with van der Waals surface area (Å²) in [4.78, 5) is 14.8. The highest BCUT2D eigenvalue weighted by atomic mass is 35.5. The minimum atomic E-state index is -3.89. The molecular formula is C24H26ClN3O3S. The summed E-state index contributed by atoms with van der Waals surface area (Å²) < 4.78 is 28.2. The zero-order valence-electron chi connectivity index (χ0n) is 18.2. The van der Waals surface area contributed by atoms with Gasteiger partial charge in [0.2, 0.25) is 0 Å². The lowest BCUT2D eigenvalue weighted by molar-refractivity contribution is 0.0942. The topological polar surface area (TPSA) is 78.5 Å². The van der Waals surface area contributed by atoms with Crippen molar-refractivity contribution in [1.29, 1.82) is 0 Å². The fourth-order valence-electron chi connectivity index (χ4n) is 3.33. The van der Waals surface area contributed by atoms with Gasteiger partial charge in [-0.1, -0.05) is 54.1 Å². The SMILES string of the molecule is Cc1cccc(NS(=O)(=O)c2ccc(Cl)c(C(=O)NCC(c3ccccc3)N(C)C)c2)c1. The highest BCUT2D eigenvalue weighted by Crippen LogP contribution is 2.24. The second-order valence-electron chi connectivity index (χ2n) is 7.72. The molecule has 0 spiro atoms. The second kappa shape index (κ2) is 10.2. The van der Waals surface area contributed by atoms with Crippen molar-refractivity contribution in [3.63, 3.8) is 0 Å². The number of amides is 1. The Bertz CT molecular complexity index is 1200. The summed E-state index contributed by atoms with van der Waals surface area (Å²) in [5, 5.41) is 3.05. The van der Waals surface area contributed by atoms with E-state index in [9.17, 15) is 13.2 Å². The Labute approximate surface area is 194 Å².